The van der Waals surface area contributed by atoms with Crippen LogP contribution in [0.1, 0.15) is 29.5 Å². The first kappa shape index (κ1) is 24.6. The third-order valence-electron chi connectivity index (χ3n) is 5.60. The number of aliphatic imine (C=N–C) groups is 2. The minimum atomic E-state index is 0.0731. The third-order valence-corrected chi connectivity index (χ3v) is 5.60. The molecule has 7 N–H and O–H groups in total. The fourth-order valence-corrected chi connectivity index (χ4v) is 3.63. The predicted molar refractivity (Wildman–Crippen MR) is 136 cm³/mol. The number of likely N-dealkylation sites (tertiary alicyclic amines) is 1. The maximum absolute atomic E-state index is 12.0. The van der Waals surface area contributed by atoms with Gasteiger partial charge in [0.15, 0.2) is 5.82 Å². The van der Waals surface area contributed by atoms with Crippen LogP contribution < -0.4 is 22.1 Å². The predicted octanol–water partition coefficient (Wildman–Crippen LogP) is 2.20. The molecule has 34 heavy (non-hydrogen) atoms. The Hall–Kier alpha value is -4.08. The van der Waals surface area contributed by atoms with E-state index >= 15 is 0 Å². The summed E-state index contributed by atoms with van der Waals surface area (Å²) < 4.78 is 0. The topological polar surface area (TPSA) is 154 Å². The number of hydrogen-bond donors (Lipinski definition) is 5. The van der Waals surface area contributed by atoms with Gasteiger partial charge in [-0.2, -0.15) is 0 Å². The summed E-state index contributed by atoms with van der Waals surface area (Å²) >= 11 is 0. The van der Waals surface area contributed by atoms with E-state index in [0.717, 1.165) is 31.5 Å². The molecule has 0 atom stereocenters. The first-order valence-corrected chi connectivity index (χ1v) is 11.1. The van der Waals surface area contributed by atoms with E-state index in [4.69, 9.17) is 11.5 Å². The van der Waals surface area contributed by atoms with E-state index in [9.17, 15) is 9.90 Å². The number of aromatic nitrogens is 1. The summed E-state index contributed by atoms with van der Waals surface area (Å²) in [6, 6.07) is 5.13. The largest absolute Gasteiger partial charge is 0.508 e. The Morgan fingerprint density at radius 3 is 2.68 bits per heavy atom. The zero-order valence-electron chi connectivity index (χ0n) is 19.8. The summed E-state index contributed by atoms with van der Waals surface area (Å²) in [6.07, 6.45) is 6.88. The van der Waals surface area contributed by atoms with Crippen LogP contribution in [-0.4, -0.2) is 59.3 Å². The molecule has 1 saturated heterocycles. The molecule has 180 valence electrons. The summed E-state index contributed by atoms with van der Waals surface area (Å²) in [5, 5.41) is 16.0. The van der Waals surface area contributed by atoms with Crippen molar-refractivity contribution in [1.29, 1.82) is 0 Å². The molecule has 0 spiro atoms. The average Bonchev–Trinajstić information content (AvgIpc) is 3.37. The van der Waals surface area contributed by atoms with Crippen molar-refractivity contribution in [2.24, 2.45) is 21.5 Å². The number of rotatable bonds is 8. The second-order valence-corrected chi connectivity index (χ2v) is 8.05. The first-order valence-electron chi connectivity index (χ1n) is 11.1. The van der Waals surface area contributed by atoms with Crippen LogP contribution in [0, 0.1) is 13.8 Å². The molecule has 0 radical (unpaired) electrons. The molecule has 1 aliphatic rings. The number of nitrogens with zero attached hydrogens (tertiary/aromatic N) is 4. The molecule has 0 saturated carbocycles. The van der Waals surface area contributed by atoms with Gasteiger partial charge in [0.2, 0.25) is 5.91 Å². The number of aromatic hydroxyl groups is 1. The monoisotopic (exact) mass is 464 g/mol. The van der Waals surface area contributed by atoms with Gasteiger partial charge in [-0.05, 0) is 44.4 Å². The molecule has 1 fully saturated rings. The number of benzene rings is 1. The molecule has 1 aromatic carbocycles. The van der Waals surface area contributed by atoms with Crippen molar-refractivity contribution in [3.63, 3.8) is 0 Å². The number of amides is 1. The van der Waals surface area contributed by atoms with E-state index in [-0.39, 0.29) is 29.9 Å². The van der Waals surface area contributed by atoms with E-state index in [1.807, 2.05) is 11.8 Å². The van der Waals surface area contributed by atoms with E-state index in [1.165, 1.54) is 0 Å². The molecule has 10 heteroatoms. The Bertz CT molecular complexity index is 1130. The van der Waals surface area contributed by atoms with E-state index in [2.05, 4.69) is 25.6 Å². The number of pyridine rings is 1. The standard InChI is InChI=1S/C24H32N8O2/c1-15-6-7-19(33)16(2)23(15)31-24(26)17-13-29-21(12-18(17)27-3)30-20(25)8-9-28-14-22(34)32-10-4-5-11-32/h6-9,12-13,28,33H,4-5,10-11,14H2,1-3H3,(H2,26,31)(H3,25,27,29,30)/b9-8-. The van der Waals surface area contributed by atoms with Crippen molar-refractivity contribution in [1.82, 2.24) is 15.2 Å². The number of phenols is 1. The molecule has 2 heterocycles. The lowest BCUT2D eigenvalue weighted by molar-refractivity contribution is -0.128. The number of anilines is 1. The van der Waals surface area contributed by atoms with Crippen molar-refractivity contribution in [2.45, 2.75) is 26.7 Å². The highest BCUT2D eigenvalue weighted by atomic mass is 16.3. The lowest BCUT2D eigenvalue weighted by Crippen LogP contribution is -2.34. The summed E-state index contributed by atoms with van der Waals surface area (Å²) in [6.45, 7) is 5.56. The van der Waals surface area contributed by atoms with Gasteiger partial charge in [0.05, 0.1) is 23.5 Å². The quantitative estimate of drug-likeness (QED) is 0.296. The van der Waals surface area contributed by atoms with E-state index < -0.39 is 0 Å². The number of carbonyl (C=O) groups is 1. The summed E-state index contributed by atoms with van der Waals surface area (Å²) in [4.78, 5) is 27.0. The third kappa shape index (κ3) is 6.03. The van der Waals surface area contributed by atoms with Gasteiger partial charge >= 0.3 is 0 Å². The fraction of sp³-hybridized carbons (Fsp3) is 0.333. The number of phenolic OH excluding ortho intramolecular Hbond substituents is 1. The van der Waals surface area contributed by atoms with Gasteiger partial charge in [0.25, 0.3) is 0 Å². The molecular weight excluding hydrogens is 432 g/mol. The molecular formula is C24H32N8O2. The van der Waals surface area contributed by atoms with Crippen molar-refractivity contribution >= 4 is 34.8 Å². The Morgan fingerprint density at radius 1 is 1.24 bits per heavy atom. The summed E-state index contributed by atoms with van der Waals surface area (Å²) in [5.74, 6) is 1.11. The highest BCUT2D eigenvalue weighted by Gasteiger charge is 2.16. The van der Waals surface area contributed by atoms with Crippen LogP contribution in [0.25, 0.3) is 0 Å². The molecule has 1 amide bonds. The Kier molecular flexibility index (Phi) is 8.07. The van der Waals surface area contributed by atoms with Gasteiger partial charge in [0.1, 0.15) is 17.4 Å². The first-order chi connectivity index (χ1) is 16.3. The second kappa shape index (κ2) is 11.2. The van der Waals surface area contributed by atoms with Gasteiger partial charge in [-0.25, -0.2) is 15.0 Å². The summed E-state index contributed by atoms with van der Waals surface area (Å²) in [5.41, 5.74) is 15.7. The lowest BCUT2D eigenvalue weighted by Gasteiger charge is -2.14. The average molecular weight is 465 g/mol. The van der Waals surface area contributed by atoms with Gasteiger partial charge in [-0.3, -0.25) is 4.79 Å². The molecule has 0 aliphatic carbocycles. The molecule has 2 aromatic rings. The van der Waals surface area contributed by atoms with Gasteiger partial charge in [-0.1, -0.05) is 6.07 Å². The fourth-order valence-electron chi connectivity index (χ4n) is 3.63. The van der Waals surface area contributed by atoms with Crippen LogP contribution >= 0.6 is 0 Å². The summed E-state index contributed by atoms with van der Waals surface area (Å²) in [7, 11) is 1.76. The highest BCUT2D eigenvalue weighted by Crippen LogP contribution is 2.31. The minimum absolute atomic E-state index is 0.0731. The zero-order chi connectivity index (χ0) is 24.7. The van der Waals surface area contributed by atoms with Gasteiger partial charge in [0, 0.05) is 44.2 Å². The Labute approximate surface area is 199 Å². The molecule has 10 nitrogen and oxygen atoms in total. The molecule has 1 aromatic heterocycles. The van der Waals surface area contributed by atoms with Gasteiger partial charge in [-0.15, -0.1) is 0 Å². The van der Waals surface area contributed by atoms with Crippen LogP contribution in [0.3, 0.4) is 0 Å². The van der Waals surface area contributed by atoms with Crippen molar-refractivity contribution in [3.8, 4) is 5.75 Å². The molecule has 3 rings (SSSR count). The normalized spacial score (nSPS) is 14.6. The second-order valence-electron chi connectivity index (χ2n) is 8.05. The number of nitrogens with one attached hydrogen (secondary N) is 2. The molecule has 1 aliphatic heterocycles. The van der Waals surface area contributed by atoms with Crippen LogP contribution in [0.2, 0.25) is 0 Å². The molecule has 0 unspecified atom stereocenters. The zero-order valence-corrected chi connectivity index (χ0v) is 19.8. The SMILES string of the molecule is CNc1cc(N=C(N)/C=C\NCC(=O)N2CCCC2)ncc1C(N)=Nc1c(C)ccc(O)c1C. The van der Waals surface area contributed by atoms with Crippen LogP contribution in [0.15, 0.2) is 46.7 Å². The van der Waals surface area contributed by atoms with Crippen LogP contribution in [-0.2, 0) is 4.79 Å². The lowest BCUT2D eigenvalue weighted by atomic mass is 10.1. The van der Waals surface area contributed by atoms with Crippen molar-refractivity contribution in [3.05, 3.63) is 53.4 Å². The highest BCUT2D eigenvalue weighted by molar-refractivity contribution is 6.04. The van der Waals surface area contributed by atoms with E-state index in [1.54, 1.807) is 50.6 Å². The number of carbonyl (C=O) groups excluding carboxylic acids is 1. The van der Waals surface area contributed by atoms with Crippen molar-refractivity contribution < 1.29 is 9.90 Å². The smallest absolute Gasteiger partial charge is 0.241 e. The van der Waals surface area contributed by atoms with E-state index in [0.29, 0.717) is 28.3 Å². The van der Waals surface area contributed by atoms with Crippen molar-refractivity contribution in [2.75, 3.05) is 32.0 Å². The maximum Gasteiger partial charge on any atom is 0.241 e. The minimum Gasteiger partial charge on any atom is -0.508 e. The molecule has 0 bridgehead atoms. The Morgan fingerprint density at radius 2 is 1.97 bits per heavy atom. The van der Waals surface area contributed by atoms with Crippen LogP contribution in [0.5, 0.6) is 5.75 Å². The number of nitrogens with two attached hydrogens (primary N) is 2. The Balaban J connectivity index is 1.71. The maximum atomic E-state index is 12.0. The number of hydrogen-bond acceptors (Lipinski definition) is 7. The van der Waals surface area contributed by atoms with Gasteiger partial charge < -0.3 is 32.1 Å². The van der Waals surface area contributed by atoms with Crippen LogP contribution in [0.4, 0.5) is 17.2 Å². The number of amidine groups is 2. The number of aryl methyl sites for hydroxylation is 1.